The molecule has 0 aromatic rings. The van der Waals surface area contributed by atoms with Crippen LogP contribution in [-0.2, 0) is 4.79 Å². The Morgan fingerprint density at radius 1 is 0.913 bits per heavy atom. The Bertz CT molecular complexity index is 502. The van der Waals surface area contributed by atoms with E-state index in [9.17, 15) is 9.18 Å². The number of carbonyl (C=O) groups is 1. The molecule has 0 aromatic heterocycles. The average Bonchev–Trinajstić information content (AvgIpc) is 2.85. The average molecular weight is 320 g/mol. The molecule has 23 heavy (non-hydrogen) atoms. The van der Waals surface area contributed by atoms with Crippen molar-refractivity contribution in [3.05, 3.63) is 0 Å². The lowest BCUT2D eigenvalue weighted by atomic mass is 9.44. The fraction of sp³-hybridized carbons (Fsp3) is 0.952. The van der Waals surface area contributed by atoms with Crippen LogP contribution in [0.3, 0.4) is 0 Å². The smallest absolute Gasteiger partial charge is 0.133 e. The summed E-state index contributed by atoms with van der Waals surface area (Å²) in [6, 6.07) is 0. The number of ketones is 1. The maximum Gasteiger partial charge on any atom is 0.133 e. The lowest BCUT2D eigenvalue weighted by Gasteiger charge is -2.60. The normalized spacial score (nSPS) is 55.7. The molecular weight excluding hydrogens is 287 g/mol. The van der Waals surface area contributed by atoms with Crippen LogP contribution in [0.25, 0.3) is 0 Å². The Kier molecular flexibility index (Phi) is 3.71. The Morgan fingerprint density at radius 2 is 1.61 bits per heavy atom. The molecule has 4 rings (SSSR count). The number of alkyl halides is 1. The Hall–Kier alpha value is -0.400. The van der Waals surface area contributed by atoms with Crippen LogP contribution in [0.15, 0.2) is 0 Å². The van der Waals surface area contributed by atoms with Gasteiger partial charge in [-0.3, -0.25) is 4.79 Å². The number of Topliss-reactive ketones (excluding diaryl/α,β-unsaturated/α-hetero) is 1. The van der Waals surface area contributed by atoms with E-state index in [0.29, 0.717) is 23.0 Å². The van der Waals surface area contributed by atoms with Gasteiger partial charge < -0.3 is 0 Å². The first-order valence-corrected chi connectivity index (χ1v) is 10.0. The third-order valence-corrected chi connectivity index (χ3v) is 9.09. The van der Waals surface area contributed by atoms with Gasteiger partial charge in [-0.25, -0.2) is 4.39 Å². The van der Waals surface area contributed by atoms with Crippen LogP contribution in [0.4, 0.5) is 4.39 Å². The van der Waals surface area contributed by atoms with Gasteiger partial charge in [-0.15, -0.1) is 0 Å². The molecule has 8 unspecified atom stereocenters. The molecule has 8 atom stereocenters. The molecular formula is C21H33FO. The molecule has 0 heterocycles. The Labute approximate surface area is 140 Å². The van der Waals surface area contributed by atoms with E-state index < -0.39 is 6.17 Å². The second-order valence-corrected chi connectivity index (χ2v) is 9.81. The second kappa shape index (κ2) is 5.30. The van der Waals surface area contributed by atoms with E-state index in [-0.39, 0.29) is 5.41 Å². The Balaban J connectivity index is 1.61. The predicted molar refractivity (Wildman–Crippen MR) is 90.8 cm³/mol. The molecule has 1 nitrogen and oxygen atoms in total. The van der Waals surface area contributed by atoms with Gasteiger partial charge in [0.1, 0.15) is 12.0 Å². The summed E-state index contributed by atoms with van der Waals surface area (Å²) >= 11 is 0. The SMILES string of the molecule is CC(=O)C1CCC2C3CCC4CC(F)CCC4(C)C3CCC12C. The van der Waals surface area contributed by atoms with E-state index in [2.05, 4.69) is 13.8 Å². The van der Waals surface area contributed by atoms with E-state index in [4.69, 9.17) is 0 Å². The molecule has 0 bridgehead atoms. The number of halogens is 1. The van der Waals surface area contributed by atoms with Crippen molar-refractivity contribution in [1.82, 2.24) is 0 Å². The Morgan fingerprint density at radius 3 is 2.35 bits per heavy atom. The number of hydrogen-bond donors (Lipinski definition) is 0. The zero-order valence-electron chi connectivity index (χ0n) is 15.1. The summed E-state index contributed by atoms with van der Waals surface area (Å²) in [5, 5.41) is 0. The van der Waals surface area contributed by atoms with Crippen LogP contribution in [0.2, 0.25) is 0 Å². The molecule has 130 valence electrons. The first kappa shape index (κ1) is 16.1. The third-order valence-electron chi connectivity index (χ3n) is 9.09. The summed E-state index contributed by atoms with van der Waals surface area (Å²) in [4.78, 5) is 12.2. The van der Waals surface area contributed by atoms with Gasteiger partial charge in [-0.2, -0.15) is 0 Å². The maximum absolute atomic E-state index is 13.9. The molecule has 0 radical (unpaired) electrons. The van der Waals surface area contributed by atoms with Crippen LogP contribution in [0.5, 0.6) is 0 Å². The van der Waals surface area contributed by atoms with E-state index >= 15 is 0 Å². The number of carbonyl (C=O) groups excluding carboxylic acids is 1. The van der Waals surface area contributed by atoms with Crippen molar-refractivity contribution in [2.24, 2.45) is 40.4 Å². The van der Waals surface area contributed by atoms with Crippen LogP contribution in [0.1, 0.15) is 78.6 Å². The number of hydrogen-bond acceptors (Lipinski definition) is 1. The first-order chi connectivity index (χ1) is 10.9. The highest BCUT2D eigenvalue weighted by Crippen LogP contribution is 2.67. The first-order valence-electron chi connectivity index (χ1n) is 10.0. The van der Waals surface area contributed by atoms with E-state index in [0.717, 1.165) is 43.4 Å². The maximum atomic E-state index is 13.9. The van der Waals surface area contributed by atoms with Gasteiger partial charge in [-0.1, -0.05) is 13.8 Å². The minimum atomic E-state index is -0.549. The highest BCUT2D eigenvalue weighted by Gasteiger charge is 2.60. The molecule has 0 N–H and O–H groups in total. The molecule has 0 spiro atoms. The van der Waals surface area contributed by atoms with Crippen LogP contribution < -0.4 is 0 Å². The molecule has 0 saturated heterocycles. The third kappa shape index (κ3) is 2.19. The van der Waals surface area contributed by atoms with Crippen molar-refractivity contribution in [2.75, 3.05) is 0 Å². The summed E-state index contributed by atoms with van der Waals surface area (Å²) in [5.41, 5.74) is 0.634. The summed E-state index contributed by atoms with van der Waals surface area (Å²) < 4.78 is 13.9. The largest absolute Gasteiger partial charge is 0.300 e. The standard InChI is InChI=1S/C21H33FO/c1-13(23)17-6-7-18-16-5-4-14-12-15(22)8-10-20(14,2)19(16)9-11-21(17,18)3/h14-19H,4-12H2,1-3H3. The van der Waals surface area contributed by atoms with Crippen molar-refractivity contribution in [1.29, 1.82) is 0 Å². The molecule has 0 amide bonds. The van der Waals surface area contributed by atoms with E-state index in [1.807, 2.05) is 6.92 Å². The fourth-order valence-corrected chi connectivity index (χ4v) is 7.87. The topological polar surface area (TPSA) is 17.1 Å². The van der Waals surface area contributed by atoms with E-state index in [1.165, 1.54) is 32.1 Å². The summed E-state index contributed by atoms with van der Waals surface area (Å²) in [6.45, 7) is 6.71. The molecule has 4 aliphatic carbocycles. The molecule has 2 heteroatoms. The minimum absolute atomic E-state index is 0.257. The van der Waals surface area contributed by atoms with Gasteiger partial charge in [0, 0.05) is 5.92 Å². The van der Waals surface area contributed by atoms with Gasteiger partial charge >= 0.3 is 0 Å². The van der Waals surface area contributed by atoms with Gasteiger partial charge in [0.2, 0.25) is 0 Å². The monoisotopic (exact) mass is 320 g/mol. The molecule has 0 aromatic carbocycles. The molecule has 4 saturated carbocycles. The number of fused-ring (bicyclic) bond motifs is 5. The number of rotatable bonds is 1. The van der Waals surface area contributed by atoms with E-state index in [1.54, 1.807) is 0 Å². The lowest BCUT2D eigenvalue weighted by Crippen LogP contribution is -2.54. The highest BCUT2D eigenvalue weighted by molar-refractivity contribution is 5.79. The van der Waals surface area contributed by atoms with Crippen LogP contribution in [-0.4, -0.2) is 12.0 Å². The van der Waals surface area contributed by atoms with Crippen molar-refractivity contribution in [2.45, 2.75) is 84.7 Å². The summed E-state index contributed by atoms with van der Waals surface area (Å²) in [7, 11) is 0. The quantitative estimate of drug-likeness (QED) is 0.617. The van der Waals surface area contributed by atoms with Crippen molar-refractivity contribution >= 4 is 5.78 Å². The zero-order valence-corrected chi connectivity index (χ0v) is 15.1. The lowest BCUT2D eigenvalue weighted by molar-refractivity contribution is -0.135. The predicted octanol–water partition coefficient (Wildman–Crippen LogP) is 5.57. The van der Waals surface area contributed by atoms with Crippen molar-refractivity contribution in [3.63, 3.8) is 0 Å². The minimum Gasteiger partial charge on any atom is -0.300 e. The van der Waals surface area contributed by atoms with Crippen molar-refractivity contribution < 1.29 is 9.18 Å². The highest BCUT2D eigenvalue weighted by atomic mass is 19.1. The van der Waals surface area contributed by atoms with Gasteiger partial charge in [-0.05, 0) is 99.2 Å². The summed E-state index contributed by atoms with van der Waals surface area (Å²) in [6.07, 6.45) is 9.56. The van der Waals surface area contributed by atoms with Gasteiger partial charge in [0.05, 0.1) is 0 Å². The van der Waals surface area contributed by atoms with Crippen LogP contribution in [0, 0.1) is 40.4 Å². The molecule has 0 aliphatic heterocycles. The van der Waals surface area contributed by atoms with Gasteiger partial charge in [0.25, 0.3) is 0 Å². The fourth-order valence-electron chi connectivity index (χ4n) is 7.87. The van der Waals surface area contributed by atoms with Gasteiger partial charge in [0.15, 0.2) is 0 Å². The summed E-state index contributed by atoms with van der Waals surface area (Å²) in [5.74, 6) is 3.68. The van der Waals surface area contributed by atoms with Crippen molar-refractivity contribution in [3.8, 4) is 0 Å². The second-order valence-electron chi connectivity index (χ2n) is 9.81. The van der Waals surface area contributed by atoms with Crippen LogP contribution >= 0.6 is 0 Å². The zero-order chi connectivity index (χ0) is 16.4. The molecule has 4 fully saturated rings. The molecule has 4 aliphatic rings.